The van der Waals surface area contributed by atoms with Crippen molar-refractivity contribution in [1.29, 1.82) is 0 Å². The average Bonchev–Trinajstić information content (AvgIpc) is 3.27. The molecule has 2 heterocycles. The molecule has 1 amide bonds. The molecule has 2 aromatic carbocycles. The number of hydrogen-bond acceptors (Lipinski definition) is 5. The molecule has 3 fully saturated rings. The van der Waals surface area contributed by atoms with Crippen molar-refractivity contribution < 1.29 is 13.2 Å². The van der Waals surface area contributed by atoms with E-state index in [0.717, 1.165) is 36.9 Å². The van der Waals surface area contributed by atoms with E-state index in [1.165, 1.54) is 11.6 Å². The van der Waals surface area contributed by atoms with Gasteiger partial charge in [-0.2, -0.15) is 0 Å². The Bertz CT molecular complexity index is 1180. The molecule has 8 heteroatoms. The zero-order valence-corrected chi connectivity index (χ0v) is 17.9. The Hall–Kier alpha value is -2.26. The monoisotopic (exact) mass is 438 g/mol. The Balaban J connectivity index is 1.20. The fourth-order valence-electron chi connectivity index (χ4n) is 6.44. The number of primary sulfonamides is 1. The third kappa shape index (κ3) is 2.89. The maximum atomic E-state index is 12.8. The van der Waals surface area contributed by atoms with E-state index in [9.17, 15) is 13.2 Å². The Morgan fingerprint density at radius 1 is 1.03 bits per heavy atom. The van der Waals surface area contributed by atoms with Crippen molar-refractivity contribution in [3.05, 3.63) is 59.7 Å². The number of anilines is 1. The number of benzene rings is 2. The van der Waals surface area contributed by atoms with E-state index in [1.807, 2.05) is 24.3 Å². The first-order chi connectivity index (χ1) is 14.9. The normalized spacial score (nSPS) is 36.2. The van der Waals surface area contributed by atoms with Gasteiger partial charge in [-0.3, -0.25) is 10.2 Å². The van der Waals surface area contributed by atoms with Crippen molar-refractivity contribution in [2.45, 2.75) is 48.1 Å². The minimum absolute atomic E-state index is 0.0521. The standard InChI is InChI=1S/C23H26N4O3S/c24-31(29,30)15-5-3-4-14(10-15)21-16-9-8-13(11-20(16)26-27-21)18-12-23(18)17-6-1-2-7-19(17)25-22(23)28/h1-7,10,13,16,18,20-21,26-27H,8-9,11-12H2,(H,25,28)(H2,24,29,30)/t13?,16?,18-,20?,21?,23-/m0/s1. The number of para-hydroxylation sites is 1. The van der Waals surface area contributed by atoms with Crippen LogP contribution in [0.3, 0.4) is 0 Å². The van der Waals surface area contributed by atoms with Crippen LogP contribution in [0, 0.1) is 17.8 Å². The molecule has 4 aliphatic rings. The summed E-state index contributed by atoms with van der Waals surface area (Å²) in [6, 6.07) is 15.4. The second kappa shape index (κ2) is 6.62. The van der Waals surface area contributed by atoms with E-state index >= 15 is 0 Å². The SMILES string of the molecule is NS(=O)(=O)c1cccc(C2NNC3CC([C@@H]4C[C@@]45C(=O)Nc4ccccc45)CCC32)c1. The van der Waals surface area contributed by atoms with Crippen LogP contribution in [0.25, 0.3) is 0 Å². The summed E-state index contributed by atoms with van der Waals surface area (Å²) in [5.74, 6) is 1.44. The van der Waals surface area contributed by atoms with Crippen LogP contribution < -0.4 is 21.3 Å². The number of hydrogen-bond donors (Lipinski definition) is 4. The first kappa shape index (κ1) is 19.4. The van der Waals surface area contributed by atoms with Gasteiger partial charge in [-0.15, -0.1) is 0 Å². The molecule has 162 valence electrons. The summed E-state index contributed by atoms with van der Waals surface area (Å²) in [7, 11) is -3.72. The fourth-order valence-corrected chi connectivity index (χ4v) is 7.01. The van der Waals surface area contributed by atoms with Gasteiger partial charge in [-0.1, -0.05) is 30.3 Å². The first-order valence-corrected chi connectivity index (χ1v) is 12.5. The predicted molar refractivity (Wildman–Crippen MR) is 116 cm³/mol. The molecule has 0 radical (unpaired) electrons. The quantitative estimate of drug-likeness (QED) is 0.587. The van der Waals surface area contributed by atoms with Crippen molar-refractivity contribution in [3.63, 3.8) is 0 Å². The summed E-state index contributed by atoms with van der Waals surface area (Å²) >= 11 is 0. The van der Waals surface area contributed by atoms with Crippen molar-refractivity contribution in [2.24, 2.45) is 22.9 Å². The van der Waals surface area contributed by atoms with Gasteiger partial charge in [0.2, 0.25) is 15.9 Å². The lowest BCUT2D eigenvalue weighted by atomic mass is 9.72. The highest BCUT2D eigenvalue weighted by molar-refractivity contribution is 7.89. The van der Waals surface area contributed by atoms with Crippen LogP contribution in [0.2, 0.25) is 0 Å². The van der Waals surface area contributed by atoms with Gasteiger partial charge in [0, 0.05) is 11.7 Å². The summed E-state index contributed by atoms with van der Waals surface area (Å²) in [5.41, 5.74) is 9.60. The van der Waals surface area contributed by atoms with Gasteiger partial charge in [0.25, 0.3) is 0 Å². The van der Waals surface area contributed by atoms with E-state index in [2.05, 4.69) is 22.2 Å². The van der Waals surface area contributed by atoms with Crippen molar-refractivity contribution in [3.8, 4) is 0 Å². The van der Waals surface area contributed by atoms with E-state index < -0.39 is 10.0 Å². The molecule has 0 aromatic heterocycles. The van der Waals surface area contributed by atoms with Crippen LogP contribution in [0.4, 0.5) is 5.69 Å². The molecule has 4 unspecified atom stereocenters. The van der Waals surface area contributed by atoms with E-state index in [1.54, 1.807) is 12.1 Å². The highest BCUT2D eigenvalue weighted by atomic mass is 32.2. The lowest BCUT2D eigenvalue weighted by Crippen LogP contribution is -2.37. The Kier molecular flexibility index (Phi) is 4.15. The molecule has 2 aliphatic carbocycles. The van der Waals surface area contributed by atoms with Crippen LogP contribution in [-0.2, 0) is 20.2 Å². The number of amides is 1. The number of sulfonamides is 1. The molecule has 31 heavy (non-hydrogen) atoms. The minimum Gasteiger partial charge on any atom is -0.325 e. The number of carbonyl (C=O) groups is 1. The van der Waals surface area contributed by atoms with E-state index in [-0.39, 0.29) is 22.3 Å². The molecule has 7 nitrogen and oxygen atoms in total. The molecular formula is C23H26N4O3S. The zero-order valence-electron chi connectivity index (χ0n) is 17.0. The molecule has 0 bridgehead atoms. The summed E-state index contributed by atoms with van der Waals surface area (Å²) in [6.07, 6.45) is 4.07. The van der Waals surface area contributed by atoms with Gasteiger partial charge < -0.3 is 5.32 Å². The number of rotatable bonds is 3. The summed E-state index contributed by atoms with van der Waals surface area (Å²) in [5, 5.41) is 8.41. The summed E-state index contributed by atoms with van der Waals surface area (Å²) in [6.45, 7) is 0. The van der Waals surface area contributed by atoms with Gasteiger partial charge in [0.15, 0.2) is 0 Å². The number of nitrogens with two attached hydrogens (primary N) is 1. The Morgan fingerprint density at radius 3 is 2.71 bits per heavy atom. The van der Waals surface area contributed by atoms with Crippen LogP contribution in [0.15, 0.2) is 53.4 Å². The van der Waals surface area contributed by atoms with Gasteiger partial charge in [-0.05, 0) is 72.8 Å². The topological polar surface area (TPSA) is 113 Å². The Morgan fingerprint density at radius 2 is 1.87 bits per heavy atom. The molecular weight excluding hydrogens is 412 g/mol. The molecule has 6 rings (SSSR count). The van der Waals surface area contributed by atoms with Crippen molar-refractivity contribution in [1.82, 2.24) is 10.9 Å². The molecule has 2 aliphatic heterocycles. The molecule has 1 saturated heterocycles. The number of fused-ring (bicyclic) bond motifs is 3. The third-order valence-corrected chi connectivity index (χ3v) is 8.90. The number of nitrogens with one attached hydrogen (secondary N) is 3. The van der Waals surface area contributed by atoms with Crippen LogP contribution in [-0.4, -0.2) is 20.4 Å². The fraction of sp³-hybridized carbons (Fsp3) is 0.435. The van der Waals surface area contributed by atoms with Crippen LogP contribution in [0.1, 0.15) is 42.9 Å². The lowest BCUT2D eigenvalue weighted by Gasteiger charge is -2.34. The molecule has 1 spiro atoms. The maximum Gasteiger partial charge on any atom is 0.238 e. The van der Waals surface area contributed by atoms with Gasteiger partial charge in [0.1, 0.15) is 0 Å². The second-order valence-corrected chi connectivity index (χ2v) is 11.1. The van der Waals surface area contributed by atoms with Crippen molar-refractivity contribution in [2.75, 3.05) is 5.32 Å². The van der Waals surface area contributed by atoms with Crippen LogP contribution >= 0.6 is 0 Å². The molecule has 5 N–H and O–H groups in total. The van der Waals surface area contributed by atoms with Crippen molar-refractivity contribution >= 4 is 21.6 Å². The number of carbonyl (C=O) groups excluding carboxylic acids is 1. The van der Waals surface area contributed by atoms with E-state index in [4.69, 9.17) is 5.14 Å². The molecule has 2 saturated carbocycles. The second-order valence-electron chi connectivity index (χ2n) is 9.51. The smallest absolute Gasteiger partial charge is 0.238 e. The summed E-state index contributed by atoms with van der Waals surface area (Å²) < 4.78 is 23.5. The maximum absolute atomic E-state index is 12.8. The first-order valence-electron chi connectivity index (χ1n) is 10.9. The Labute approximate surface area is 181 Å². The highest BCUT2D eigenvalue weighted by Gasteiger charge is 2.67. The summed E-state index contributed by atoms with van der Waals surface area (Å²) in [4.78, 5) is 13.0. The highest BCUT2D eigenvalue weighted by Crippen LogP contribution is 2.65. The largest absolute Gasteiger partial charge is 0.325 e. The zero-order chi connectivity index (χ0) is 21.4. The molecule has 6 atom stereocenters. The number of hydrazine groups is 1. The van der Waals surface area contributed by atoms with Gasteiger partial charge >= 0.3 is 0 Å². The minimum atomic E-state index is -3.72. The van der Waals surface area contributed by atoms with Gasteiger partial charge in [-0.25, -0.2) is 19.0 Å². The third-order valence-electron chi connectivity index (χ3n) is 7.99. The van der Waals surface area contributed by atoms with Crippen LogP contribution in [0.5, 0.6) is 0 Å². The lowest BCUT2D eigenvalue weighted by molar-refractivity contribution is -0.118. The van der Waals surface area contributed by atoms with Gasteiger partial charge in [0.05, 0.1) is 16.4 Å². The predicted octanol–water partition coefficient (Wildman–Crippen LogP) is 2.18. The molecule has 2 aromatic rings. The van der Waals surface area contributed by atoms with E-state index in [0.29, 0.717) is 23.8 Å². The average molecular weight is 439 g/mol.